The lowest BCUT2D eigenvalue weighted by Gasteiger charge is -2.43. The molecule has 4 nitrogen and oxygen atoms in total. The van der Waals surface area contributed by atoms with E-state index in [-0.39, 0.29) is 0 Å². The van der Waals surface area contributed by atoms with Gasteiger partial charge in [0.05, 0.1) is 19.9 Å². The standard InChI is InChI=1S/C17H28N2O2/c1-6-13-10-18-15(12(2)3)11-19(13)16-9-14(20-4)7-8-17(16)21-5/h7-9,12-13,15,18H,6,10-11H2,1-5H3. The molecule has 1 heterocycles. The lowest BCUT2D eigenvalue weighted by atomic mass is 9.97. The first kappa shape index (κ1) is 16.0. The van der Waals surface area contributed by atoms with E-state index in [2.05, 4.69) is 37.1 Å². The van der Waals surface area contributed by atoms with Gasteiger partial charge in [0, 0.05) is 31.2 Å². The molecule has 1 saturated heterocycles. The Morgan fingerprint density at radius 1 is 1.29 bits per heavy atom. The molecule has 1 aromatic carbocycles. The molecule has 0 bridgehead atoms. The van der Waals surface area contributed by atoms with E-state index < -0.39 is 0 Å². The lowest BCUT2D eigenvalue weighted by molar-refractivity contribution is 0.321. The summed E-state index contributed by atoms with van der Waals surface area (Å²) in [6.07, 6.45) is 1.11. The molecular formula is C17H28N2O2. The molecule has 1 aromatic rings. The molecule has 4 heteroatoms. The minimum atomic E-state index is 0.487. The molecule has 21 heavy (non-hydrogen) atoms. The van der Waals surface area contributed by atoms with Crippen LogP contribution in [0.25, 0.3) is 0 Å². The molecule has 1 aliphatic rings. The fourth-order valence-corrected chi connectivity index (χ4v) is 2.95. The predicted molar refractivity (Wildman–Crippen MR) is 87.6 cm³/mol. The van der Waals surface area contributed by atoms with Crippen LogP contribution in [0.4, 0.5) is 5.69 Å². The van der Waals surface area contributed by atoms with Crippen molar-refractivity contribution in [2.24, 2.45) is 5.92 Å². The van der Waals surface area contributed by atoms with Crippen molar-refractivity contribution in [2.75, 3.05) is 32.2 Å². The number of nitrogens with one attached hydrogen (secondary N) is 1. The van der Waals surface area contributed by atoms with Crippen molar-refractivity contribution in [2.45, 2.75) is 39.3 Å². The summed E-state index contributed by atoms with van der Waals surface area (Å²) in [7, 11) is 3.44. The Kier molecular flexibility index (Phi) is 5.34. The van der Waals surface area contributed by atoms with Crippen molar-refractivity contribution in [3.8, 4) is 11.5 Å². The van der Waals surface area contributed by atoms with Crippen LogP contribution in [0.1, 0.15) is 27.2 Å². The number of anilines is 1. The van der Waals surface area contributed by atoms with Gasteiger partial charge in [0.15, 0.2) is 0 Å². The molecule has 0 amide bonds. The zero-order valence-electron chi connectivity index (χ0n) is 13.8. The molecule has 0 aromatic heterocycles. The Balaban J connectivity index is 2.35. The molecule has 1 aliphatic heterocycles. The summed E-state index contributed by atoms with van der Waals surface area (Å²) in [6.45, 7) is 8.79. The largest absolute Gasteiger partial charge is 0.497 e. The van der Waals surface area contributed by atoms with Gasteiger partial charge in [-0.25, -0.2) is 0 Å². The Morgan fingerprint density at radius 3 is 2.62 bits per heavy atom. The maximum Gasteiger partial charge on any atom is 0.142 e. The fraction of sp³-hybridized carbons (Fsp3) is 0.647. The molecule has 1 N–H and O–H groups in total. The van der Waals surface area contributed by atoms with E-state index in [4.69, 9.17) is 9.47 Å². The molecule has 0 radical (unpaired) electrons. The maximum atomic E-state index is 5.57. The van der Waals surface area contributed by atoms with Gasteiger partial charge in [-0.05, 0) is 24.5 Å². The van der Waals surface area contributed by atoms with Crippen LogP contribution in [0.2, 0.25) is 0 Å². The summed E-state index contributed by atoms with van der Waals surface area (Å²) in [5.41, 5.74) is 1.14. The van der Waals surface area contributed by atoms with Crippen molar-refractivity contribution in [3.63, 3.8) is 0 Å². The van der Waals surface area contributed by atoms with Crippen LogP contribution in [0.3, 0.4) is 0 Å². The molecular weight excluding hydrogens is 264 g/mol. The number of rotatable bonds is 5. The molecule has 0 aliphatic carbocycles. The SMILES string of the molecule is CCC1CNC(C(C)C)CN1c1cc(OC)ccc1OC. The van der Waals surface area contributed by atoms with Crippen molar-refractivity contribution in [1.82, 2.24) is 5.32 Å². The minimum Gasteiger partial charge on any atom is -0.497 e. The van der Waals surface area contributed by atoms with Crippen LogP contribution >= 0.6 is 0 Å². The van der Waals surface area contributed by atoms with Crippen LogP contribution in [-0.4, -0.2) is 39.4 Å². The number of methoxy groups -OCH3 is 2. The van der Waals surface area contributed by atoms with Gasteiger partial charge in [0.1, 0.15) is 11.5 Å². The monoisotopic (exact) mass is 292 g/mol. The van der Waals surface area contributed by atoms with Gasteiger partial charge in [-0.3, -0.25) is 0 Å². The van der Waals surface area contributed by atoms with Gasteiger partial charge in [-0.15, -0.1) is 0 Å². The second kappa shape index (κ2) is 7.03. The summed E-state index contributed by atoms with van der Waals surface area (Å²) < 4.78 is 11.0. The molecule has 118 valence electrons. The Hall–Kier alpha value is -1.42. The van der Waals surface area contributed by atoms with Crippen molar-refractivity contribution in [1.29, 1.82) is 0 Å². The summed E-state index contributed by atoms with van der Waals surface area (Å²) >= 11 is 0. The predicted octanol–water partition coefficient (Wildman–Crippen LogP) is 2.92. The maximum absolute atomic E-state index is 5.57. The van der Waals surface area contributed by atoms with Crippen molar-refractivity contribution >= 4 is 5.69 Å². The highest BCUT2D eigenvalue weighted by molar-refractivity contribution is 5.62. The van der Waals surface area contributed by atoms with E-state index in [1.165, 1.54) is 0 Å². The van der Waals surface area contributed by atoms with E-state index in [1.807, 2.05) is 12.1 Å². The third-order valence-corrected chi connectivity index (χ3v) is 4.42. The van der Waals surface area contributed by atoms with Gasteiger partial charge in [-0.1, -0.05) is 20.8 Å². The zero-order chi connectivity index (χ0) is 15.4. The van der Waals surface area contributed by atoms with Gasteiger partial charge < -0.3 is 19.7 Å². The summed E-state index contributed by atoms with van der Waals surface area (Å²) in [6, 6.07) is 7.02. The topological polar surface area (TPSA) is 33.7 Å². The molecule has 0 spiro atoms. The minimum absolute atomic E-state index is 0.487. The lowest BCUT2D eigenvalue weighted by Crippen LogP contribution is -2.58. The van der Waals surface area contributed by atoms with Crippen LogP contribution in [0.5, 0.6) is 11.5 Å². The Labute approximate surface area is 128 Å². The number of hydrogen-bond donors (Lipinski definition) is 1. The van der Waals surface area contributed by atoms with Crippen LogP contribution < -0.4 is 19.7 Å². The van der Waals surface area contributed by atoms with Gasteiger partial charge in [0.25, 0.3) is 0 Å². The van der Waals surface area contributed by atoms with Crippen molar-refractivity contribution < 1.29 is 9.47 Å². The highest BCUT2D eigenvalue weighted by Crippen LogP contribution is 2.35. The molecule has 2 rings (SSSR count). The molecule has 1 fully saturated rings. The number of piperazine rings is 1. The molecule has 2 atom stereocenters. The second-order valence-corrected chi connectivity index (χ2v) is 6.01. The quantitative estimate of drug-likeness (QED) is 0.905. The summed E-state index contributed by atoms with van der Waals surface area (Å²) in [4.78, 5) is 2.47. The highest BCUT2D eigenvalue weighted by Gasteiger charge is 2.30. The number of benzene rings is 1. The smallest absolute Gasteiger partial charge is 0.142 e. The van der Waals surface area contributed by atoms with E-state index in [0.717, 1.165) is 36.7 Å². The number of nitrogens with zero attached hydrogens (tertiary/aromatic N) is 1. The normalized spacial score (nSPS) is 22.5. The van der Waals surface area contributed by atoms with Gasteiger partial charge in [0.2, 0.25) is 0 Å². The Morgan fingerprint density at radius 2 is 2.05 bits per heavy atom. The average molecular weight is 292 g/mol. The van der Waals surface area contributed by atoms with Crippen LogP contribution in [-0.2, 0) is 0 Å². The van der Waals surface area contributed by atoms with E-state index in [0.29, 0.717) is 18.0 Å². The fourth-order valence-electron chi connectivity index (χ4n) is 2.95. The van der Waals surface area contributed by atoms with Crippen molar-refractivity contribution in [3.05, 3.63) is 18.2 Å². The van der Waals surface area contributed by atoms with E-state index in [9.17, 15) is 0 Å². The average Bonchev–Trinajstić information content (AvgIpc) is 2.53. The third-order valence-electron chi connectivity index (χ3n) is 4.42. The van der Waals surface area contributed by atoms with E-state index >= 15 is 0 Å². The van der Waals surface area contributed by atoms with Gasteiger partial charge >= 0.3 is 0 Å². The third kappa shape index (κ3) is 3.43. The summed E-state index contributed by atoms with van der Waals surface area (Å²) in [5, 5.41) is 3.67. The number of hydrogen-bond acceptors (Lipinski definition) is 4. The van der Waals surface area contributed by atoms with E-state index in [1.54, 1.807) is 14.2 Å². The first-order valence-electron chi connectivity index (χ1n) is 7.82. The number of ether oxygens (including phenoxy) is 2. The first-order chi connectivity index (χ1) is 10.1. The van der Waals surface area contributed by atoms with Crippen LogP contribution in [0, 0.1) is 5.92 Å². The second-order valence-electron chi connectivity index (χ2n) is 6.01. The highest BCUT2D eigenvalue weighted by atomic mass is 16.5. The summed E-state index contributed by atoms with van der Waals surface area (Å²) in [5.74, 6) is 2.40. The molecule has 0 saturated carbocycles. The molecule has 2 unspecified atom stereocenters. The zero-order valence-corrected chi connectivity index (χ0v) is 13.8. The van der Waals surface area contributed by atoms with Crippen LogP contribution in [0.15, 0.2) is 18.2 Å². The first-order valence-corrected chi connectivity index (χ1v) is 7.82. The Bertz CT molecular complexity index is 462. The van der Waals surface area contributed by atoms with Gasteiger partial charge in [-0.2, -0.15) is 0 Å².